The molecule has 0 aliphatic rings. The lowest BCUT2D eigenvalue weighted by molar-refractivity contribution is 0.0692. The molecule has 0 saturated carbocycles. The third kappa shape index (κ3) is 3.25. The molecule has 2 rings (SSSR count). The number of nitrogens with one attached hydrogen (secondary N) is 1. The largest absolute Gasteiger partial charge is 0.478 e. The molecule has 5 heteroatoms. The van der Waals surface area contributed by atoms with E-state index < -0.39 is 17.3 Å². The highest BCUT2D eigenvalue weighted by Crippen LogP contribution is 2.16. The van der Waals surface area contributed by atoms with Crippen molar-refractivity contribution in [3.8, 4) is 0 Å². The van der Waals surface area contributed by atoms with Crippen LogP contribution in [0.1, 0.15) is 31.8 Å². The van der Waals surface area contributed by atoms with Gasteiger partial charge in [0, 0.05) is 11.3 Å². The van der Waals surface area contributed by atoms with E-state index in [1.807, 2.05) is 19.9 Å². The second kappa shape index (κ2) is 5.75. The molecule has 2 aromatic carbocycles. The van der Waals surface area contributed by atoms with Gasteiger partial charge in [0.2, 0.25) is 0 Å². The van der Waals surface area contributed by atoms with Gasteiger partial charge in [0.05, 0.1) is 5.56 Å². The Bertz CT molecular complexity index is 725. The first-order valence-corrected chi connectivity index (χ1v) is 6.30. The minimum atomic E-state index is -1.35. The second-order valence-electron chi connectivity index (χ2n) is 4.75. The number of rotatable bonds is 3. The summed E-state index contributed by atoms with van der Waals surface area (Å²) in [4.78, 5) is 22.8. The van der Waals surface area contributed by atoms with Gasteiger partial charge in [-0.1, -0.05) is 6.07 Å². The second-order valence-corrected chi connectivity index (χ2v) is 4.75. The number of benzene rings is 2. The third-order valence-electron chi connectivity index (χ3n) is 3.23. The smallest absolute Gasteiger partial charge is 0.338 e. The van der Waals surface area contributed by atoms with Gasteiger partial charge in [-0.2, -0.15) is 0 Å². The van der Waals surface area contributed by atoms with Crippen molar-refractivity contribution < 1.29 is 19.1 Å². The summed E-state index contributed by atoms with van der Waals surface area (Å²) in [6.45, 7) is 3.84. The molecule has 0 radical (unpaired) electrons. The molecule has 0 atom stereocenters. The number of carbonyl (C=O) groups is 2. The van der Waals surface area contributed by atoms with Crippen molar-refractivity contribution in [3.63, 3.8) is 0 Å². The summed E-state index contributed by atoms with van der Waals surface area (Å²) in [5.74, 6) is -2.61. The highest BCUT2D eigenvalue weighted by atomic mass is 19.1. The van der Waals surface area contributed by atoms with Crippen LogP contribution < -0.4 is 5.32 Å². The summed E-state index contributed by atoms with van der Waals surface area (Å²) in [6.07, 6.45) is 0. The van der Waals surface area contributed by atoms with Gasteiger partial charge in [-0.3, -0.25) is 4.79 Å². The number of aromatic carboxylic acids is 1. The lowest BCUT2D eigenvalue weighted by atomic mass is 10.1. The molecule has 0 saturated heterocycles. The predicted molar refractivity (Wildman–Crippen MR) is 77.2 cm³/mol. The van der Waals surface area contributed by atoms with E-state index in [4.69, 9.17) is 5.11 Å². The summed E-state index contributed by atoms with van der Waals surface area (Å²) in [5.41, 5.74) is 2.29. The first-order valence-electron chi connectivity index (χ1n) is 6.30. The first kappa shape index (κ1) is 14.7. The molecule has 0 spiro atoms. The number of anilines is 1. The van der Waals surface area contributed by atoms with Gasteiger partial charge in [-0.25, -0.2) is 9.18 Å². The molecule has 4 nitrogen and oxygen atoms in total. The van der Waals surface area contributed by atoms with Crippen LogP contribution in [0.4, 0.5) is 10.1 Å². The van der Waals surface area contributed by atoms with Crippen LogP contribution in [-0.2, 0) is 0 Å². The van der Waals surface area contributed by atoms with Crippen LogP contribution >= 0.6 is 0 Å². The van der Waals surface area contributed by atoms with Gasteiger partial charge in [0.25, 0.3) is 5.91 Å². The molecule has 0 aromatic heterocycles. The number of carbonyl (C=O) groups excluding carboxylic acids is 1. The van der Waals surface area contributed by atoms with Crippen molar-refractivity contribution in [1.29, 1.82) is 0 Å². The average Bonchev–Trinajstić information content (AvgIpc) is 2.41. The van der Waals surface area contributed by atoms with Gasteiger partial charge in [0.1, 0.15) is 5.82 Å². The van der Waals surface area contributed by atoms with Gasteiger partial charge >= 0.3 is 5.97 Å². The van der Waals surface area contributed by atoms with Crippen LogP contribution in [0.3, 0.4) is 0 Å². The Balaban J connectivity index is 2.21. The van der Waals surface area contributed by atoms with Crippen molar-refractivity contribution in [3.05, 3.63) is 64.5 Å². The van der Waals surface area contributed by atoms with Gasteiger partial charge in [-0.15, -0.1) is 0 Å². The molecule has 1 amide bonds. The average molecular weight is 287 g/mol. The molecule has 0 aliphatic heterocycles. The maximum atomic E-state index is 13.5. The van der Waals surface area contributed by atoms with E-state index in [-0.39, 0.29) is 11.6 Å². The van der Waals surface area contributed by atoms with Crippen LogP contribution in [0.2, 0.25) is 0 Å². The standard InChI is InChI=1S/C16H14FNO3/c1-9-3-4-11(7-10(9)2)15(19)18-12-5-6-13(16(20)21)14(17)8-12/h3-8H,1-2H3,(H,18,19)(H,20,21). The lowest BCUT2D eigenvalue weighted by Gasteiger charge is -2.08. The monoisotopic (exact) mass is 287 g/mol. The Morgan fingerprint density at radius 1 is 1.05 bits per heavy atom. The van der Waals surface area contributed by atoms with Crippen LogP contribution in [0.5, 0.6) is 0 Å². The zero-order chi connectivity index (χ0) is 15.6. The van der Waals surface area contributed by atoms with Crippen molar-refractivity contribution >= 4 is 17.6 Å². The number of aryl methyl sites for hydroxylation is 2. The third-order valence-corrected chi connectivity index (χ3v) is 3.23. The van der Waals surface area contributed by atoms with E-state index in [0.717, 1.165) is 23.3 Å². The Morgan fingerprint density at radius 3 is 2.33 bits per heavy atom. The molecular weight excluding hydrogens is 273 g/mol. The summed E-state index contributed by atoms with van der Waals surface area (Å²) in [5, 5.41) is 11.3. The van der Waals surface area contributed by atoms with Gasteiger partial charge < -0.3 is 10.4 Å². The number of hydrogen-bond acceptors (Lipinski definition) is 2. The molecule has 2 aromatic rings. The molecule has 0 aliphatic carbocycles. The number of carboxylic acids is 1. The van der Waals surface area contributed by atoms with E-state index in [1.54, 1.807) is 12.1 Å². The fourth-order valence-electron chi connectivity index (χ4n) is 1.85. The van der Waals surface area contributed by atoms with E-state index in [1.165, 1.54) is 6.07 Å². The first-order chi connectivity index (χ1) is 9.88. The van der Waals surface area contributed by atoms with Crippen molar-refractivity contribution in [2.45, 2.75) is 13.8 Å². The number of amides is 1. The normalized spacial score (nSPS) is 10.2. The zero-order valence-electron chi connectivity index (χ0n) is 11.6. The summed E-state index contributed by atoms with van der Waals surface area (Å²) in [6, 6.07) is 8.71. The zero-order valence-corrected chi connectivity index (χ0v) is 11.6. The quantitative estimate of drug-likeness (QED) is 0.909. The summed E-state index contributed by atoms with van der Waals surface area (Å²) >= 11 is 0. The molecule has 0 heterocycles. The van der Waals surface area contributed by atoms with Crippen LogP contribution in [0, 0.1) is 19.7 Å². The highest BCUT2D eigenvalue weighted by Gasteiger charge is 2.12. The molecule has 0 unspecified atom stereocenters. The minimum Gasteiger partial charge on any atom is -0.478 e. The minimum absolute atomic E-state index is 0.209. The predicted octanol–water partition coefficient (Wildman–Crippen LogP) is 3.39. The van der Waals surface area contributed by atoms with Gasteiger partial charge in [0.15, 0.2) is 0 Å². The van der Waals surface area contributed by atoms with E-state index in [2.05, 4.69) is 5.32 Å². The van der Waals surface area contributed by atoms with E-state index in [9.17, 15) is 14.0 Å². The molecular formula is C16H14FNO3. The topological polar surface area (TPSA) is 66.4 Å². The Kier molecular flexibility index (Phi) is 4.03. The van der Waals surface area contributed by atoms with E-state index >= 15 is 0 Å². The Hall–Kier alpha value is -2.69. The molecule has 21 heavy (non-hydrogen) atoms. The van der Waals surface area contributed by atoms with Crippen LogP contribution in [0.15, 0.2) is 36.4 Å². The summed E-state index contributed by atoms with van der Waals surface area (Å²) in [7, 11) is 0. The SMILES string of the molecule is Cc1ccc(C(=O)Nc2ccc(C(=O)O)c(F)c2)cc1C. The molecule has 0 bridgehead atoms. The lowest BCUT2D eigenvalue weighted by Crippen LogP contribution is -2.13. The maximum absolute atomic E-state index is 13.5. The fourth-order valence-corrected chi connectivity index (χ4v) is 1.85. The Labute approximate surface area is 121 Å². The van der Waals surface area contributed by atoms with E-state index in [0.29, 0.717) is 5.56 Å². The van der Waals surface area contributed by atoms with Crippen molar-refractivity contribution in [2.24, 2.45) is 0 Å². The number of hydrogen-bond donors (Lipinski definition) is 2. The Morgan fingerprint density at radius 2 is 1.76 bits per heavy atom. The molecule has 0 fully saturated rings. The highest BCUT2D eigenvalue weighted by molar-refractivity contribution is 6.04. The molecule has 2 N–H and O–H groups in total. The fraction of sp³-hybridized carbons (Fsp3) is 0.125. The maximum Gasteiger partial charge on any atom is 0.338 e. The number of halogens is 1. The molecule has 108 valence electrons. The van der Waals surface area contributed by atoms with Crippen molar-refractivity contribution in [1.82, 2.24) is 0 Å². The van der Waals surface area contributed by atoms with Crippen LogP contribution in [0.25, 0.3) is 0 Å². The number of carboxylic acid groups (broad SMARTS) is 1. The van der Waals surface area contributed by atoms with Crippen LogP contribution in [-0.4, -0.2) is 17.0 Å². The van der Waals surface area contributed by atoms with Gasteiger partial charge in [-0.05, 0) is 55.3 Å². The summed E-state index contributed by atoms with van der Waals surface area (Å²) < 4.78 is 13.5. The van der Waals surface area contributed by atoms with Crippen molar-refractivity contribution in [2.75, 3.05) is 5.32 Å².